The number of methoxy groups -OCH3 is 1. The van der Waals surface area contributed by atoms with Gasteiger partial charge in [0.15, 0.2) is 5.92 Å². The Morgan fingerprint density at radius 2 is 2.08 bits per heavy atom. The number of carbonyl (C=O) groups excluding carboxylic acids is 1. The van der Waals surface area contributed by atoms with Gasteiger partial charge in [0.1, 0.15) is 0 Å². The van der Waals surface area contributed by atoms with Crippen LogP contribution >= 0.6 is 0 Å². The zero-order chi connectivity index (χ0) is 9.72. The Morgan fingerprint density at radius 1 is 1.58 bits per heavy atom. The predicted octanol–water partition coefficient (Wildman–Crippen LogP) is 0.826. The lowest BCUT2D eigenvalue weighted by atomic mass is 10.0. The molecule has 4 heteroatoms. The molecule has 1 N–H and O–H groups in total. The number of carbonyl (C=O) groups is 2. The first-order valence-corrected chi connectivity index (χ1v) is 3.44. The van der Waals surface area contributed by atoms with Gasteiger partial charge in [-0.05, 0) is 13.3 Å². The zero-order valence-electron chi connectivity index (χ0n) is 7.16. The van der Waals surface area contributed by atoms with Crippen molar-refractivity contribution in [1.82, 2.24) is 0 Å². The van der Waals surface area contributed by atoms with Crippen LogP contribution in [0, 0.1) is 5.92 Å². The highest BCUT2D eigenvalue weighted by atomic mass is 16.5. The van der Waals surface area contributed by atoms with Gasteiger partial charge in [0, 0.05) is 0 Å². The largest absolute Gasteiger partial charge is 0.481 e. The summed E-state index contributed by atoms with van der Waals surface area (Å²) in [5.74, 6) is -3.03. The van der Waals surface area contributed by atoms with Crippen molar-refractivity contribution in [2.45, 2.75) is 13.3 Å². The van der Waals surface area contributed by atoms with E-state index in [2.05, 4.69) is 11.3 Å². The Labute approximate surface area is 70.8 Å². The van der Waals surface area contributed by atoms with Crippen molar-refractivity contribution in [2.75, 3.05) is 7.11 Å². The van der Waals surface area contributed by atoms with E-state index in [9.17, 15) is 9.59 Å². The fourth-order valence-electron chi connectivity index (χ4n) is 0.762. The van der Waals surface area contributed by atoms with E-state index in [1.54, 1.807) is 6.92 Å². The third kappa shape index (κ3) is 3.18. The Kier molecular flexibility index (Phi) is 4.04. The van der Waals surface area contributed by atoms with Crippen molar-refractivity contribution < 1.29 is 19.4 Å². The second kappa shape index (κ2) is 4.54. The fraction of sp³-hybridized carbons (Fsp3) is 0.500. The van der Waals surface area contributed by atoms with E-state index >= 15 is 0 Å². The number of aliphatic carboxylic acids is 1. The maximum absolute atomic E-state index is 10.8. The average molecular weight is 172 g/mol. The van der Waals surface area contributed by atoms with Crippen LogP contribution in [-0.2, 0) is 14.3 Å². The van der Waals surface area contributed by atoms with Crippen molar-refractivity contribution in [2.24, 2.45) is 5.92 Å². The van der Waals surface area contributed by atoms with Crippen LogP contribution in [0.15, 0.2) is 12.2 Å². The van der Waals surface area contributed by atoms with Crippen molar-refractivity contribution >= 4 is 11.9 Å². The van der Waals surface area contributed by atoms with Crippen LogP contribution in [0.4, 0.5) is 0 Å². The van der Waals surface area contributed by atoms with Crippen LogP contribution in [-0.4, -0.2) is 24.2 Å². The molecule has 0 saturated heterocycles. The van der Waals surface area contributed by atoms with Crippen LogP contribution in [0.3, 0.4) is 0 Å². The Balaban J connectivity index is 4.33. The summed E-state index contributed by atoms with van der Waals surface area (Å²) < 4.78 is 4.31. The van der Waals surface area contributed by atoms with Crippen molar-refractivity contribution in [3.8, 4) is 0 Å². The molecule has 12 heavy (non-hydrogen) atoms. The van der Waals surface area contributed by atoms with Crippen molar-refractivity contribution in [3.63, 3.8) is 0 Å². The molecule has 4 nitrogen and oxygen atoms in total. The second-order valence-electron chi connectivity index (χ2n) is 2.58. The highest BCUT2D eigenvalue weighted by molar-refractivity contribution is 5.94. The summed E-state index contributed by atoms with van der Waals surface area (Å²) in [6, 6.07) is 0. The van der Waals surface area contributed by atoms with Gasteiger partial charge in [-0.25, -0.2) is 0 Å². The van der Waals surface area contributed by atoms with Gasteiger partial charge in [0.2, 0.25) is 0 Å². The Morgan fingerprint density at radius 3 is 2.33 bits per heavy atom. The SMILES string of the molecule is C=C(C)CC(C(=O)O)C(=O)OC. The van der Waals surface area contributed by atoms with E-state index in [-0.39, 0.29) is 6.42 Å². The molecule has 0 heterocycles. The second-order valence-corrected chi connectivity index (χ2v) is 2.58. The van der Waals surface area contributed by atoms with Crippen LogP contribution < -0.4 is 0 Å². The van der Waals surface area contributed by atoms with Crippen LogP contribution in [0.2, 0.25) is 0 Å². The van der Waals surface area contributed by atoms with Gasteiger partial charge in [0.25, 0.3) is 0 Å². The minimum Gasteiger partial charge on any atom is -0.481 e. The first-order chi connectivity index (χ1) is 5.49. The van der Waals surface area contributed by atoms with Gasteiger partial charge in [-0.2, -0.15) is 0 Å². The first kappa shape index (κ1) is 10.7. The number of carboxylic acids is 1. The number of carboxylic acid groups (broad SMARTS) is 1. The molecule has 1 atom stereocenters. The maximum atomic E-state index is 10.8. The molecule has 0 aromatic carbocycles. The zero-order valence-corrected chi connectivity index (χ0v) is 7.16. The Bertz CT molecular complexity index is 207. The van der Waals surface area contributed by atoms with Crippen molar-refractivity contribution in [3.05, 3.63) is 12.2 Å². The summed E-state index contributed by atoms with van der Waals surface area (Å²) in [6.07, 6.45) is 0.127. The fourth-order valence-corrected chi connectivity index (χ4v) is 0.762. The lowest BCUT2D eigenvalue weighted by Crippen LogP contribution is -2.25. The van der Waals surface area contributed by atoms with E-state index in [4.69, 9.17) is 5.11 Å². The molecule has 0 aliphatic carbocycles. The molecular formula is C8H12O4. The molecule has 0 aromatic heterocycles. The quantitative estimate of drug-likeness (QED) is 0.387. The number of rotatable bonds is 4. The summed E-state index contributed by atoms with van der Waals surface area (Å²) in [7, 11) is 1.16. The lowest BCUT2D eigenvalue weighted by molar-refractivity contribution is -0.156. The standard InChI is InChI=1S/C8H12O4/c1-5(2)4-6(7(9)10)8(11)12-3/h6H,1,4H2,2-3H3,(H,9,10). The minimum atomic E-state index is -1.18. The molecule has 1 unspecified atom stereocenters. The van der Waals surface area contributed by atoms with E-state index in [0.717, 1.165) is 7.11 Å². The van der Waals surface area contributed by atoms with Crippen molar-refractivity contribution in [1.29, 1.82) is 0 Å². The molecule has 0 aliphatic heterocycles. The van der Waals surface area contributed by atoms with Gasteiger partial charge in [0.05, 0.1) is 7.11 Å². The molecular weight excluding hydrogens is 160 g/mol. The third-order valence-electron chi connectivity index (χ3n) is 1.34. The third-order valence-corrected chi connectivity index (χ3v) is 1.34. The number of hydrogen-bond acceptors (Lipinski definition) is 3. The first-order valence-electron chi connectivity index (χ1n) is 3.44. The van der Waals surface area contributed by atoms with Gasteiger partial charge in [-0.3, -0.25) is 9.59 Å². The van der Waals surface area contributed by atoms with Gasteiger partial charge in [-0.15, -0.1) is 6.58 Å². The predicted molar refractivity (Wildman–Crippen MR) is 42.6 cm³/mol. The summed E-state index contributed by atoms with van der Waals surface area (Å²) in [4.78, 5) is 21.3. The van der Waals surface area contributed by atoms with Crippen LogP contribution in [0.1, 0.15) is 13.3 Å². The Hall–Kier alpha value is -1.32. The molecule has 68 valence electrons. The number of esters is 1. The van der Waals surface area contributed by atoms with Gasteiger partial charge in [-0.1, -0.05) is 5.57 Å². The molecule has 0 aromatic rings. The number of ether oxygens (including phenoxy) is 1. The van der Waals surface area contributed by atoms with E-state index in [1.165, 1.54) is 0 Å². The molecule has 0 rings (SSSR count). The molecule has 0 saturated carbocycles. The summed E-state index contributed by atoms with van der Waals surface area (Å²) in [6.45, 7) is 5.19. The monoisotopic (exact) mass is 172 g/mol. The minimum absolute atomic E-state index is 0.127. The summed E-state index contributed by atoms with van der Waals surface area (Å²) >= 11 is 0. The van der Waals surface area contributed by atoms with Crippen LogP contribution in [0.5, 0.6) is 0 Å². The molecule has 0 bridgehead atoms. The number of hydrogen-bond donors (Lipinski definition) is 1. The van der Waals surface area contributed by atoms with E-state index < -0.39 is 17.9 Å². The van der Waals surface area contributed by atoms with E-state index in [0.29, 0.717) is 5.57 Å². The molecule has 0 radical (unpaired) electrons. The van der Waals surface area contributed by atoms with Gasteiger partial charge < -0.3 is 9.84 Å². The smallest absolute Gasteiger partial charge is 0.320 e. The maximum Gasteiger partial charge on any atom is 0.320 e. The number of allylic oxidation sites excluding steroid dienone is 1. The highest BCUT2D eigenvalue weighted by Gasteiger charge is 2.26. The summed E-state index contributed by atoms with van der Waals surface area (Å²) in [5, 5.41) is 8.58. The molecule has 0 aliphatic rings. The average Bonchev–Trinajstić information content (AvgIpc) is 1.98. The molecule has 0 amide bonds. The normalized spacial score (nSPS) is 11.8. The van der Waals surface area contributed by atoms with E-state index in [1.807, 2.05) is 0 Å². The molecule has 0 fully saturated rings. The van der Waals surface area contributed by atoms with Crippen LogP contribution in [0.25, 0.3) is 0 Å². The highest BCUT2D eigenvalue weighted by Crippen LogP contribution is 2.11. The molecule has 0 spiro atoms. The lowest BCUT2D eigenvalue weighted by Gasteiger charge is -2.08. The summed E-state index contributed by atoms with van der Waals surface area (Å²) in [5.41, 5.74) is 0.646. The van der Waals surface area contributed by atoms with Gasteiger partial charge >= 0.3 is 11.9 Å². The topological polar surface area (TPSA) is 63.6 Å².